The number of phenols is 1. The molecule has 1 amide bonds. The van der Waals surface area contributed by atoms with Crippen LogP contribution in [0.1, 0.15) is 172 Å². The summed E-state index contributed by atoms with van der Waals surface area (Å²) in [6.07, 6.45) is 13.4. The second-order valence-corrected chi connectivity index (χ2v) is 23.3. The summed E-state index contributed by atoms with van der Waals surface area (Å²) in [5.41, 5.74) is -0.733. The van der Waals surface area contributed by atoms with Crippen molar-refractivity contribution < 1.29 is 49.0 Å². The third kappa shape index (κ3) is 7.91. The zero-order chi connectivity index (χ0) is 46.7. The Morgan fingerprint density at radius 2 is 1.75 bits per heavy atom. The Hall–Kier alpha value is -3.37. The van der Waals surface area contributed by atoms with E-state index in [1.165, 1.54) is 6.92 Å². The number of esters is 2. The van der Waals surface area contributed by atoms with Crippen LogP contribution in [0.3, 0.4) is 0 Å². The molecule has 10 aliphatic rings. The lowest BCUT2D eigenvalue weighted by Gasteiger charge is -2.57. The molecule has 368 valence electrons. The molecule has 6 N–H and O–H groups in total. The predicted octanol–water partition coefficient (Wildman–Crippen LogP) is 7.18. The summed E-state index contributed by atoms with van der Waals surface area (Å²) >= 11 is 0. The largest absolute Gasteiger partial charge is 0.504 e. The molecule has 1 aromatic carbocycles. The van der Waals surface area contributed by atoms with Gasteiger partial charge < -0.3 is 45.3 Å². The lowest BCUT2D eigenvalue weighted by atomic mass is 9.50. The number of piperidine rings is 2. The third-order valence-electron chi connectivity index (χ3n) is 20.1. The fourth-order valence-corrected chi connectivity index (χ4v) is 17.2. The Morgan fingerprint density at radius 1 is 0.970 bits per heavy atom. The molecule has 67 heavy (non-hydrogen) atoms. The van der Waals surface area contributed by atoms with Crippen molar-refractivity contribution in [2.45, 2.75) is 184 Å². The predicted molar refractivity (Wildman–Crippen MR) is 251 cm³/mol. The number of aromatic hydroxyl groups is 1. The highest BCUT2D eigenvalue weighted by Gasteiger charge is 2.66. The Morgan fingerprint density at radius 3 is 2.49 bits per heavy atom. The summed E-state index contributed by atoms with van der Waals surface area (Å²) in [6, 6.07) is 3.85. The number of aliphatic hydroxyl groups excluding tert-OH is 3. The van der Waals surface area contributed by atoms with Gasteiger partial charge in [-0.1, -0.05) is 44.1 Å². The van der Waals surface area contributed by atoms with E-state index >= 15 is 4.79 Å². The average Bonchev–Trinajstić information content (AvgIpc) is 3.97. The van der Waals surface area contributed by atoms with Crippen LogP contribution < -0.4 is 15.4 Å². The number of rotatable bonds is 8. The van der Waals surface area contributed by atoms with Crippen molar-refractivity contribution in [3.63, 3.8) is 0 Å². The molecule has 5 heterocycles. The summed E-state index contributed by atoms with van der Waals surface area (Å²) in [6.45, 7) is 5.03. The molecule has 4 saturated heterocycles. The average molecular weight is 927 g/mol. The van der Waals surface area contributed by atoms with Gasteiger partial charge in [-0.3, -0.25) is 9.59 Å². The minimum absolute atomic E-state index is 0.00212. The van der Waals surface area contributed by atoms with E-state index in [2.05, 4.69) is 28.5 Å². The number of benzene rings is 1. The van der Waals surface area contributed by atoms with Crippen LogP contribution in [0.15, 0.2) is 12.1 Å². The maximum absolute atomic E-state index is 16.0. The molecule has 3 saturated carbocycles. The number of nitrogens with one attached hydrogen (secondary N) is 2. The van der Waals surface area contributed by atoms with Gasteiger partial charge in [-0.05, 0) is 152 Å². The van der Waals surface area contributed by atoms with Crippen molar-refractivity contribution in [1.82, 2.24) is 10.6 Å². The van der Waals surface area contributed by atoms with Gasteiger partial charge in [0.1, 0.15) is 17.7 Å². The molecule has 0 radical (unpaired) electrons. The van der Waals surface area contributed by atoms with Crippen LogP contribution in [0.25, 0.3) is 0 Å². The highest BCUT2D eigenvalue weighted by molar-refractivity contribution is 5.93. The third-order valence-corrected chi connectivity index (χ3v) is 20.1. The smallest absolute Gasteiger partial charge is 0.332 e. The number of hydrogen-bond acceptors (Lipinski definition) is 11. The second kappa shape index (κ2) is 18.8. The number of hydrogen-bond donors (Lipinski definition) is 6. The molecule has 12 nitrogen and oxygen atoms in total. The van der Waals surface area contributed by atoms with E-state index in [0.29, 0.717) is 96.1 Å². The van der Waals surface area contributed by atoms with E-state index in [-0.39, 0.29) is 83.6 Å². The monoisotopic (exact) mass is 927 g/mol. The fraction of sp³-hybridized carbons (Fsp3) is 0.800. The van der Waals surface area contributed by atoms with E-state index in [9.17, 15) is 30.0 Å². The zero-order valence-electron chi connectivity index (χ0n) is 40.2. The van der Waals surface area contributed by atoms with E-state index in [0.717, 1.165) is 75.3 Å². The molecular formula is C55H78N2O10. The first-order chi connectivity index (χ1) is 32.4. The number of aliphatic hydroxyl groups is 3. The van der Waals surface area contributed by atoms with Crippen LogP contribution in [-0.4, -0.2) is 95.0 Å². The summed E-state index contributed by atoms with van der Waals surface area (Å²) in [5, 5.41) is 51.8. The van der Waals surface area contributed by atoms with Gasteiger partial charge in [-0.15, -0.1) is 5.92 Å². The van der Waals surface area contributed by atoms with Crippen LogP contribution in [0.4, 0.5) is 0 Å². The maximum atomic E-state index is 16.0. The van der Waals surface area contributed by atoms with Crippen molar-refractivity contribution in [3.8, 4) is 23.3 Å². The molecule has 5 aliphatic heterocycles. The van der Waals surface area contributed by atoms with Crippen molar-refractivity contribution in [1.29, 1.82) is 0 Å². The van der Waals surface area contributed by atoms with Crippen LogP contribution >= 0.6 is 0 Å². The Labute approximate surface area is 397 Å². The van der Waals surface area contributed by atoms with Gasteiger partial charge in [0, 0.05) is 72.5 Å². The number of amides is 1. The van der Waals surface area contributed by atoms with Gasteiger partial charge in [0.05, 0.1) is 18.1 Å². The highest BCUT2D eigenvalue weighted by atomic mass is 16.6. The number of phenolic OH excluding ortho intramolecular Hbond substituents is 1. The van der Waals surface area contributed by atoms with Crippen LogP contribution in [0.5, 0.6) is 11.5 Å². The maximum Gasteiger partial charge on any atom is 0.332 e. The lowest BCUT2D eigenvalue weighted by Crippen LogP contribution is -2.69. The highest BCUT2D eigenvalue weighted by Crippen LogP contribution is 2.66. The molecule has 14 atom stereocenters. The van der Waals surface area contributed by atoms with Crippen LogP contribution in [0.2, 0.25) is 0 Å². The molecule has 12 heteroatoms. The summed E-state index contributed by atoms with van der Waals surface area (Å²) in [5.74, 6) is 6.03. The van der Waals surface area contributed by atoms with Gasteiger partial charge in [0.2, 0.25) is 5.91 Å². The van der Waals surface area contributed by atoms with E-state index < -0.39 is 46.6 Å². The minimum atomic E-state index is -1.17. The Balaban J connectivity index is 1.23. The first kappa shape index (κ1) is 47.3. The molecule has 7 fully saturated rings. The number of carbonyl (C=O) groups excluding carboxylic acids is 3. The molecule has 1 aromatic rings. The molecule has 2 bridgehead atoms. The molecule has 3 spiro atoms. The van der Waals surface area contributed by atoms with E-state index in [1.54, 1.807) is 13.0 Å². The lowest BCUT2D eigenvalue weighted by molar-refractivity contribution is -0.195. The molecule has 0 aromatic heterocycles. The van der Waals surface area contributed by atoms with Gasteiger partial charge in [-0.2, -0.15) is 0 Å². The quantitative estimate of drug-likeness (QED) is 0.115. The van der Waals surface area contributed by atoms with Gasteiger partial charge >= 0.3 is 11.9 Å². The van der Waals surface area contributed by atoms with Gasteiger partial charge in [0.25, 0.3) is 0 Å². The van der Waals surface area contributed by atoms with Crippen LogP contribution in [-0.2, 0) is 23.9 Å². The summed E-state index contributed by atoms with van der Waals surface area (Å²) in [7, 11) is 0. The minimum Gasteiger partial charge on any atom is -0.504 e. The van der Waals surface area contributed by atoms with Crippen molar-refractivity contribution in [2.75, 3.05) is 32.9 Å². The van der Waals surface area contributed by atoms with Gasteiger partial charge in [-0.25, -0.2) is 4.79 Å². The summed E-state index contributed by atoms with van der Waals surface area (Å²) in [4.78, 5) is 44.7. The molecule has 14 unspecified atom stereocenters. The topological polar surface area (TPSA) is 184 Å². The molecular weight excluding hydrogens is 849 g/mol. The molecule has 11 rings (SSSR count). The number of ether oxygens (including phenoxy) is 3. The van der Waals surface area contributed by atoms with Gasteiger partial charge in [0.15, 0.2) is 11.5 Å². The number of carbonyl (C=O) groups is 3. The Kier molecular flexibility index (Phi) is 13.2. The van der Waals surface area contributed by atoms with E-state index in [4.69, 9.17) is 14.2 Å². The van der Waals surface area contributed by atoms with Crippen LogP contribution in [0, 0.1) is 69.5 Å². The fourth-order valence-electron chi connectivity index (χ4n) is 17.2. The number of fused-ring (bicyclic) bond motifs is 6. The van der Waals surface area contributed by atoms with Crippen molar-refractivity contribution in [2.24, 2.45) is 57.7 Å². The van der Waals surface area contributed by atoms with E-state index in [1.807, 2.05) is 0 Å². The van der Waals surface area contributed by atoms with Crippen molar-refractivity contribution >= 4 is 17.8 Å². The normalized spacial score (nSPS) is 40.0. The van der Waals surface area contributed by atoms with Crippen molar-refractivity contribution in [3.05, 3.63) is 23.3 Å². The SMILES string of the molecule is CC(=O)OC1C(CCCO)C(CC(C)O)CC#CC2CC3c4c(ccc(O)c4OCC3C3(CO)CCCC3)C2C2(CCNCC2)C2OC(=O)C34CCCCC3CC3(CCCC3CCC12)C(=O)N4. The Bertz CT molecular complexity index is 2080. The summed E-state index contributed by atoms with van der Waals surface area (Å²) < 4.78 is 21.1. The first-order valence-electron chi connectivity index (χ1n) is 26.7. The second-order valence-electron chi connectivity index (χ2n) is 23.3. The zero-order valence-corrected chi connectivity index (χ0v) is 40.2. The molecule has 5 aliphatic carbocycles. The standard InChI is InChI=1S/C55H78N2O10/c1-33(60)28-35-10-7-11-36-29-42-43(52(32-59)19-5-6-20-52)31-65-48-44(62)18-17-40(45(42)48)46(36)53(23-25-56-26-24-53)49-41(47(66-34(2)61)39(35)14-9-27-58)16-15-37-13-8-21-54(37)30-38-12-3-4-22-55(38,51(64)67-49)57-50(54)63/h17-18,33,35-39,41-43,46-47,49,56,58-60,62H,3-6,8-10,12-16,19-32H2,1-2H3,(H,57,63). The first-order valence-corrected chi connectivity index (χ1v) is 26.7.